The Labute approximate surface area is 210 Å². The Hall–Kier alpha value is -2.57. The molecule has 1 aliphatic rings. The lowest BCUT2D eigenvalue weighted by atomic mass is 9.88. The van der Waals surface area contributed by atoms with Crippen LogP contribution in [0.2, 0.25) is 0 Å². The van der Waals surface area contributed by atoms with Gasteiger partial charge in [0.05, 0.1) is 13.7 Å². The molecule has 1 aliphatic heterocycles. The number of carbonyl (C=O) groups is 1. The van der Waals surface area contributed by atoms with E-state index in [0.29, 0.717) is 48.0 Å². The summed E-state index contributed by atoms with van der Waals surface area (Å²) in [6, 6.07) is 16.3. The van der Waals surface area contributed by atoms with Gasteiger partial charge in [-0.1, -0.05) is 44.2 Å². The molecule has 1 saturated heterocycles. The van der Waals surface area contributed by atoms with Gasteiger partial charge in [0.1, 0.15) is 0 Å². The van der Waals surface area contributed by atoms with Crippen molar-refractivity contribution in [2.45, 2.75) is 39.7 Å². The molecule has 2 aromatic carbocycles. The molecule has 0 radical (unpaired) electrons. The summed E-state index contributed by atoms with van der Waals surface area (Å²) in [5.74, 6) is 2.53. The highest BCUT2D eigenvalue weighted by molar-refractivity contribution is 5.95. The summed E-state index contributed by atoms with van der Waals surface area (Å²) in [4.78, 5) is 15.9. The minimum atomic E-state index is 0.0426. The summed E-state index contributed by atoms with van der Waals surface area (Å²) in [6.07, 6.45) is 1.80. The maximum atomic E-state index is 13.9. The summed E-state index contributed by atoms with van der Waals surface area (Å²) in [5, 5.41) is 3.57. The van der Waals surface area contributed by atoms with Crippen LogP contribution < -0.4 is 14.8 Å². The first kappa shape index (κ1) is 27.0. The fourth-order valence-electron chi connectivity index (χ4n) is 4.68. The molecule has 6 heteroatoms. The molecule has 0 bridgehead atoms. The molecule has 6 nitrogen and oxygen atoms in total. The molecule has 1 unspecified atom stereocenters. The average Bonchev–Trinajstić information content (AvgIpc) is 3.31. The van der Waals surface area contributed by atoms with Crippen LogP contribution in [0.5, 0.6) is 11.5 Å². The highest BCUT2D eigenvalue weighted by atomic mass is 16.5. The van der Waals surface area contributed by atoms with E-state index >= 15 is 0 Å². The smallest absolute Gasteiger partial charge is 0.254 e. The minimum Gasteiger partial charge on any atom is -0.493 e. The van der Waals surface area contributed by atoms with Gasteiger partial charge in [-0.3, -0.25) is 4.79 Å². The highest BCUT2D eigenvalue weighted by Gasteiger charge is 2.33. The topological polar surface area (TPSA) is 60.0 Å². The van der Waals surface area contributed by atoms with Crippen molar-refractivity contribution >= 4 is 5.91 Å². The van der Waals surface area contributed by atoms with Crippen LogP contribution in [0.1, 0.15) is 43.1 Å². The minimum absolute atomic E-state index is 0.0426. The maximum Gasteiger partial charge on any atom is 0.254 e. The lowest BCUT2D eigenvalue weighted by Crippen LogP contribution is -2.45. The predicted molar refractivity (Wildman–Crippen MR) is 140 cm³/mol. The van der Waals surface area contributed by atoms with E-state index < -0.39 is 0 Å². The zero-order valence-electron chi connectivity index (χ0n) is 22.0. The zero-order valence-corrected chi connectivity index (χ0v) is 22.0. The molecule has 1 N–H and O–H groups in total. The van der Waals surface area contributed by atoms with Crippen molar-refractivity contribution in [2.24, 2.45) is 17.8 Å². The van der Waals surface area contributed by atoms with Crippen molar-refractivity contribution in [3.63, 3.8) is 0 Å². The number of nitrogens with zero attached hydrogens (tertiary/aromatic N) is 1. The lowest BCUT2D eigenvalue weighted by Gasteiger charge is -2.35. The highest BCUT2D eigenvalue weighted by Crippen LogP contribution is 2.30. The maximum absolute atomic E-state index is 13.9. The van der Waals surface area contributed by atoms with Gasteiger partial charge >= 0.3 is 0 Å². The van der Waals surface area contributed by atoms with Gasteiger partial charge < -0.3 is 24.4 Å². The first-order chi connectivity index (χ1) is 16.9. The summed E-state index contributed by atoms with van der Waals surface area (Å²) < 4.78 is 16.5. The molecule has 0 spiro atoms. The molecule has 35 heavy (non-hydrogen) atoms. The van der Waals surface area contributed by atoms with Crippen molar-refractivity contribution < 1.29 is 19.0 Å². The Kier molecular flexibility index (Phi) is 10.4. The molecular formula is C29H42N2O4. The SMILES string of the molecule is COCCCOc1cc(C(=O)N(C[C@H]2CNC[C@@H]2Cc2ccccc2)C(C)C(C)C)ccc1OC. The summed E-state index contributed by atoms with van der Waals surface area (Å²) >= 11 is 0. The number of benzene rings is 2. The van der Waals surface area contributed by atoms with Gasteiger partial charge in [-0.15, -0.1) is 0 Å². The molecule has 0 aliphatic carbocycles. The monoisotopic (exact) mass is 482 g/mol. The van der Waals surface area contributed by atoms with Gasteiger partial charge in [0.2, 0.25) is 0 Å². The molecule has 1 fully saturated rings. The molecule has 1 heterocycles. The standard InChI is InChI=1S/C29H42N2O4/c1-21(2)22(3)31(20-26-19-30-18-25(26)16-23-10-7-6-8-11-23)29(32)24-12-13-27(34-5)28(17-24)35-15-9-14-33-4/h6-8,10-13,17,21-22,25-26,30H,9,14-16,18-20H2,1-5H3/t22?,25-,26+/m0/s1. The zero-order chi connectivity index (χ0) is 25.2. The molecular weight excluding hydrogens is 440 g/mol. The average molecular weight is 483 g/mol. The van der Waals surface area contributed by atoms with Crippen LogP contribution in [0.4, 0.5) is 0 Å². The van der Waals surface area contributed by atoms with E-state index in [2.05, 4.69) is 61.3 Å². The second kappa shape index (κ2) is 13.5. The quantitative estimate of drug-likeness (QED) is 0.420. The van der Waals surface area contributed by atoms with Crippen LogP contribution in [0.15, 0.2) is 48.5 Å². The molecule has 3 rings (SSSR count). The van der Waals surface area contributed by atoms with Gasteiger partial charge in [0, 0.05) is 38.3 Å². The third-order valence-electron chi connectivity index (χ3n) is 7.13. The van der Waals surface area contributed by atoms with E-state index in [1.165, 1.54) is 5.56 Å². The first-order valence-electron chi connectivity index (χ1n) is 12.8. The van der Waals surface area contributed by atoms with Crippen LogP contribution in [0.25, 0.3) is 0 Å². The second-order valence-corrected chi connectivity index (χ2v) is 9.87. The summed E-state index contributed by atoms with van der Waals surface area (Å²) in [7, 11) is 3.29. The summed E-state index contributed by atoms with van der Waals surface area (Å²) in [6.45, 7) is 10.3. The number of hydrogen-bond acceptors (Lipinski definition) is 5. The van der Waals surface area contributed by atoms with Crippen LogP contribution in [-0.4, -0.2) is 63.9 Å². The van der Waals surface area contributed by atoms with E-state index in [1.54, 1.807) is 14.2 Å². The van der Waals surface area contributed by atoms with Crippen molar-refractivity contribution in [3.8, 4) is 11.5 Å². The fourth-order valence-corrected chi connectivity index (χ4v) is 4.68. The van der Waals surface area contributed by atoms with Crippen LogP contribution >= 0.6 is 0 Å². The Morgan fingerprint density at radius 3 is 2.43 bits per heavy atom. The van der Waals surface area contributed by atoms with Crippen LogP contribution in [-0.2, 0) is 11.2 Å². The Bertz CT molecular complexity index is 918. The van der Waals surface area contributed by atoms with Crippen molar-refractivity contribution in [1.29, 1.82) is 0 Å². The third-order valence-corrected chi connectivity index (χ3v) is 7.13. The molecule has 3 atom stereocenters. The van der Waals surface area contributed by atoms with Gasteiger partial charge in [0.25, 0.3) is 5.91 Å². The second-order valence-electron chi connectivity index (χ2n) is 9.87. The van der Waals surface area contributed by atoms with Crippen molar-refractivity contribution in [2.75, 3.05) is 47.1 Å². The van der Waals surface area contributed by atoms with E-state index in [-0.39, 0.29) is 11.9 Å². The molecule has 1 amide bonds. The van der Waals surface area contributed by atoms with Gasteiger partial charge in [-0.05, 0) is 68.0 Å². The van der Waals surface area contributed by atoms with E-state index in [1.807, 2.05) is 18.2 Å². The Morgan fingerprint density at radius 1 is 1.00 bits per heavy atom. The molecule has 0 saturated carbocycles. The largest absolute Gasteiger partial charge is 0.493 e. The van der Waals surface area contributed by atoms with Crippen LogP contribution in [0, 0.1) is 17.8 Å². The predicted octanol–water partition coefficient (Wildman–Crippen LogP) is 4.68. The number of carbonyl (C=O) groups excluding carboxylic acids is 1. The normalized spacial score (nSPS) is 18.5. The first-order valence-corrected chi connectivity index (χ1v) is 12.8. The lowest BCUT2D eigenvalue weighted by molar-refractivity contribution is 0.0594. The third kappa shape index (κ3) is 7.45. The van der Waals surface area contributed by atoms with Crippen molar-refractivity contribution in [3.05, 3.63) is 59.7 Å². The Morgan fingerprint density at radius 2 is 1.74 bits per heavy atom. The van der Waals surface area contributed by atoms with E-state index in [9.17, 15) is 4.79 Å². The number of methoxy groups -OCH3 is 2. The van der Waals surface area contributed by atoms with E-state index in [0.717, 1.165) is 32.5 Å². The van der Waals surface area contributed by atoms with Crippen molar-refractivity contribution in [1.82, 2.24) is 10.2 Å². The van der Waals surface area contributed by atoms with Gasteiger partial charge in [-0.25, -0.2) is 0 Å². The Balaban J connectivity index is 1.78. The molecule has 192 valence electrons. The van der Waals surface area contributed by atoms with Gasteiger partial charge in [-0.2, -0.15) is 0 Å². The number of hydrogen-bond donors (Lipinski definition) is 1. The van der Waals surface area contributed by atoms with Crippen LogP contribution in [0.3, 0.4) is 0 Å². The van der Waals surface area contributed by atoms with E-state index in [4.69, 9.17) is 14.2 Å². The molecule has 2 aromatic rings. The number of amides is 1. The number of rotatable bonds is 13. The molecule has 0 aromatic heterocycles. The fraction of sp³-hybridized carbons (Fsp3) is 0.552. The summed E-state index contributed by atoms with van der Waals surface area (Å²) in [5.41, 5.74) is 1.98. The number of nitrogens with one attached hydrogen (secondary N) is 1. The number of ether oxygens (including phenoxy) is 3. The van der Waals surface area contributed by atoms with Gasteiger partial charge in [0.15, 0.2) is 11.5 Å².